The number of allylic oxidation sites excluding steroid dienone is 2. The van der Waals surface area contributed by atoms with Crippen molar-refractivity contribution in [3.05, 3.63) is 59.7 Å². The van der Waals surface area contributed by atoms with E-state index >= 15 is 0 Å². The standard InChI is InChI=1S/C17H19FN2O2S.C4H6/c1-3-16(21)20-7-6-11(9-20)17-19-14(10-23-17)13-5-4-12(18)8-15(13)22-2;1-3-4-2/h4-5,8,10-11H,3,6-7,9H2,1-2H3;3-4H,1-2H2. The Hall–Kier alpha value is -2.47. The number of carbonyl (C=O) groups excluding carboxylic acids is 1. The molecular formula is C21H25FN2O2S. The van der Waals surface area contributed by atoms with Crippen LogP contribution in [0, 0.1) is 5.82 Å². The second kappa shape index (κ2) is 10.0. The molecule has 0 N–H and O–H groups in total. The molecule has 1 fully saturated rings. The summed E-state index contributed by atoms with van der Waals surface area (Å²) in [5.74, 6) is 0.641. The lowest BCUT2D eigenvalue weighted by Crippen LogP contribution is -2.27. The molecule has 1 aliphatic heterocycles. The normalized spacial score (nSPS) is 15.7. The minimum Gasteiger partial charge on any atom is -0.496 e. The van der Waals surface area contributed by atoms with Crippen LogP contribution >= 0.6 is 11.3 Å². The van der Waals surface area contributed by atoms with Gasteiger partial charge in [-0.2, -0.15) is 0 Å². The molecule has 0 radical (unpaired) electrons. The van der Waals surface area contributed by atoms with Crippen molar-refractivity contribution < 1.29 is 13.9 Å². The van der Waals surface area contributed by atoms with Crippen LogP contribution in [0.3, 0.4) is 0 Å². The molecule has 1 amide bonds. The number of methoxy groups -OCH3 is 1. The number of aromatic nitrogens is 1. The Morgan fingerprint density at radius 3 is 2.81 bits per heavy atom. The minimum atomic E-state index is -0.328. The summed E-state index contributed by atoms with van der Waals surface area (Å²) < 4.78 is 18.6. The molecule has 0 saturated carbocycles. The largest absolute Gasteiger partial charge is 0.496 e. The number of ether oxygens (including phenoxy) is 1. The molecule has 1 aromatic heterocycles. The Kier molecular flexibility index (Phi) is 7.73. The average Bonchev–Trinajstić information content (AvgIpc) is 3.37. The molecule has 1 unspecified atom stereocenters. The topological polar surface area (TPSA) is 42.4 Å². The van der Waals surface area contributed by atoms with Crippen molar-refractivity contribution in [1.29, 1.82) is 0 Å². The van der Waals surface area contributed by atoms with E-state index in [2.05, 4.69) is 13.2 Å². The zero-order valence-electron chi connectivity index (χ0n) is 15.8. The number of hydrogen-bond donors (Lipinski definition) is 0. The van der Waals surface area contributed by atoms with Crippen LogP contribution < -0.4 is 4.74 Å². The number of halogens is 1. The number of hydrogen-bond acceptors (Lipinski definition) is 4. The summed E-state index contributed by atoms with van der Waals surface area (Å²) in [6.07, 6.45) is 4.77. The lowest BCUT2D eigenvalue weighted by Gasteiger charge is -2.14. The van der Waals surface area contributed by atoms with E-state index < -0.39 is 0 Å². The van der Waals surface area contributed by atoms with E-state index in [1.54, 1.807) is 29.6 Å². The third kappa shape index (κ3) is 5.26. The Labute approximate surface area is 164 Å². The number of rotatable bonds is 5. The van der Waals surface area contributed by atoms with Gasteiger partial charge in [-0.1, -0.05) is 32.2 Å². The van der Waals surface area contributed by atoms with Crippen molar-refractivity contribution in [1.82, 2.24) is 9.88 Å². The molecule has 3 rings (SSSR count). The van der Waals surface area contributed by atoms with Crippen LogP contribution in [0.4, 0.5) is 4.39 Å². The summed E-state index contributed by atoms with van der Waals surface area (Å²) in [5, 5.41) is 2.99. The van der Waals surface area contributed by atoms with Gasteiger partial charge in [0.25, 0.3) is 0 Å². The van der Waals surface area contributed by atoms with Gasteiger partial charge in [-0.3, -0.25) is 4.79 Å². The van der Waals surface area contributed by atoms with Gasteiger partial charge >= 0.3 is 0 Å². The Morgan fingerprint density at radius 1 is 1.44 bits per heavy atom. The van der Waals surface area contributed by atoms with Gasteiger partial charge in [0.1, 0.15) is 11.6 Å². The quantitative estimate of drug-likeness (QED) is 0.674. The van der Waals surface area contributed by atoms with Crippen LogP contribution in [0.2, 0.25) is 0 Å². The monoisotopic (exact) mass is 388 g/mol. The van der Waals surface area contributed by atoms with Crippen molar-refractivity contribution in [2.24, 2.45) is 0 Å². The van der Waals surface area contributed by atoms with Crippen molar-refractivity contribution in [3.8, 4) is 17.0 Å². The lowest BCUT2D eigenvalue weighted by molar-refractivity contribution is -0.129. The predicted octanol–water partition coefficient (Wildman–Crippen LogP) is 5.04. The number of likely N-dealkylation sites (tertiary alicyclic amines) is 1. The second-order valence-corrected chi connectivity index (χ2v) is 6.96. The molecule has 6 heteroatoms. The van der Waals surface area contributed by atoms with Gasteiger partial charge in [-0.15, -0.1) is 11.3 Å². The van der Waals surface area contributed by atoms with Crippen LogP contribution in [0.15, 0.2) is 48.9 Å². The molecule has 2 heterocycles. The Bertz CT molecular complexity index is 797. The van der Waals surface area contributed by atoms with Crippen LogP contribution in [0.5, 0.6) is 5.75 Å². The fourth-order valence-corrected chi connectivity index (χ4v) is 3.84. The van der Waals surface area contributed by atoms with E-state index in [1.165, 1.54) is 19.2 Å². The highest BCUT2D eigenvalue weighted by atomic mass is 32.1. The first kappa shape index (κ1) is 20.8. The van der Waals surface area contributed by atoms with E-state index in [0.717, 1.165) is 35.8 Å². The molecule has 0 aliphatic carbocycles. The summed E-state index contributed by atoms with van der Waals surface area (Å²) in [7, 11) is 1.52. The Morgan fingerprint density at radius 2 is 2.19 bits per heavy atom. The number of amides is 1. The minimum absolute atomic E-state index is 0.199. The van der Waals surface area contributed by atoms with E-state index in [-0.39, 0.29) is 17.6 Å². The fourth-order valence-electron chi connectivity index (χ4n) is 2.89. The van der Waals surface area contributed by atoms with Crippen LogP contribution in [-0.2, 0) is 4.79 Å². The van der Waals surface area contributed by atoms with Gasteiger partial charge in [-0.05, 0) is 18.6 Å². The first-order valence-corrected chi connectivity index (χ1v) is 9.72. The van der Waals surface area contributed by atoms with Gasteiger partial charge in [0.05, 0.1) is 17.8 Å². The highest BCUT2D eigenvalue weighted by Gasteiger charge is 2.28. The van der Waals surface area contributed by atoms with Crippen molar-refractivity contribution in [2.75, 3.05) is 20.2 Å². The summed E-state index contributed by atoms with van der Waals surface area (Å²) in [6, 6.07) is 4.47. The highest BCUT2D eigenvalue weighted by Crippen LogP contribution is 2.35. The van der Waals surface area contributed by atoms with Gasteiger partial charge in [-0.25, -0.2) is 9.37 Å². The molecule has 1 saturated heterocycles. The molecule has 0 spiro atoms. The zero-order chi connectivity index (χ0) is 19.8. The third-order valence-corrected chi connectivity index (χ3v) is 5.33. The maximum absolute atomic E-state index is 13.3. The van der Waals surface area contributed by atoms with Gasteiger partial charge in [0.2, 0.25) is 5.91 Å². The number of thiazole rings is 1. The summed E-state index contributed by atoms with van der Waals surface area (Å²) in [6.45, 7) is 10.1. The maximum atomic E-state index is 13.3. The van der Waals surface area contributed by atoms with Crippen LogP contribution in [0.1, 0.15) is 30.7 Å². The molecule has 4 nitrogen and oxygen atoms in total. The first-order valence-electron chi connectivity index (χ1n) is 8.84. The molecule has 1 aliphatic rings. The van der Waals surface area contributed by atoms with Crippen LogP contribution in [0.25, 0.3) is 11.3 Å². The Balaban J connectivity index is 0.000000596. The number of carbonyl (C=O) groups is 1. The van der Waals surface area contributed by atoms with Gasteiger partial charge < -0.3 is 9.64 Å². The molecule has 144 valence electrons. The third-order valence-electron chi connectivity index (χ3n) is 4.32. The zero-order valence-corrected chi connectivity index (χ0v) is 16.6. The van der Waals surface area contributed by atoms with Gasteiger partial charge in [0, 0.05) is 42.4 Å². The molecule has 1 atom stereocenters. The SMILES string of the molecule is C=CC=C.CCC(=O)N1CCC(c2nc(-c3ccc(F)cc3OC)cs2)C1. The predicted molar refractivity (Wildman–Crippen MR) is 109 cm³/mol. The lowest BCUT2D eigenvalue weighted by atomic mass is 10.1. The number of nitrogens with zero attached hydrogens (tertiary/aromatic N) is 2. The summed E-state index contributed by atoms with van der Waals surface area (Å²) >= 11 is 1.59. The molecule has 27 heavy (non-hydrogen) atoms. The molecule has 1 aromatic carbocycles. The van der Waals surface area contributed by atoms with Crippen molar-refractivity contribution >= 4 is 17.2 Å². The smallest absolute Gasteiger partial charge is 0.222 e. The molecular weight excluding hydrogens is 363 g/mol. The molecule has 0 bridgehead atoms. The summed E-state index contributed by atoms with van der Waals surface area (Å²) in [4.78, 5) is 18.4. The van der Waals surface area contributed by atoms with E-state index in [0.29, 0.717) is 12.2 Å². The fraction of sp³-hybridized carbons (Fsp3) is 0.333. The second-order valence-electron chi connectivity index (χ2n) is 6.07. The van der Waals surface area contributed by atoms with E-state index in [1.807, 2.05) is 17.2 Å². The van der Waals surface area contributed by atoms with E-state index in [4.69, 9.17) is 9.72 Å². The van der Waals surface area contributed by atoms with Crippen LogP contribution in [-0.4, -0.2) is 36.0 Å². The maximum Gasteiger partial charge on any atom is 0.222 e. The van der Waals surface area contributed by atoms with Gasteiger partial charge in [0.15, 0.2) is 0 Å². The average molecular weight is 389 g/mol. The van der Waals surface area contributed by atoms with E-state index in [9.17, 15) is 9.18 Å². The number of benzene rings is 1. The van der Waals surface area contributed by atoms with Crippen molar-refractivity contribution in [3.63, 3.8) is 0 Å². The first-order chi connectivity index (χ1) is 13.0. The highest BCUT2D eigenvalue weighted by molar-refractivity contribution is 7.10. The summed E-state index contributed by atoms with van der Waals surface area (Å²) in [5.41, 5.74) is 1.58. The van der Waals surface area contributed by atoms with Crippen molar-refractivity contribution in [2.45, 2.75) is 25.7 Å². The molecule has 2 aromatic rings.